The van der Waals surface area contributed by atoms with Crippen LogP contribution in [0.3, 0.4) is 0 Å². The van der Waals surface area contributed by atoms with Gasteiger partial charge in [-0.05, 0) is 32.9 Å². The van der Waals surface area contributed by atoms with Crippen LogP contribution in [0.4, 0.5) is 0 Å². The Balaban J connectivity index is 3.36. The van der Waals surface area contributed by atoms with Crippen LogP contribution < -0.4 is 14.2 Å². The molecular formula is C15H20O6. The summed E-state index contributed by atoms with van der Waals surface area (Å²) in [5, 5.41) is 0. The summed E-state index contributed by atoms with van der Waals surface area (Å²) in [6, 6.07) is 3.00. The third-order valence-corrected chi connectivity index (χ3v) is 2.56. The predicted molar refractivity (Wildman–Crippen MR) is 76.3 cm³/mol. The number of carbonyl (C=O) groups excluding carboxylic acids is 2. The summed E-state index contributed by atoms with van der Waals surface area (Å²) in [6.45, 7) is 5.36. The lowest BCUT2D eigenvalue weighted by Gasteiger charge is -2.18. The van der Waals surface area contributed by atoms with Gasteiger partial charge >= 0.3 is 5.97 Å². The lowest BCUT2D eigenvalue weighted by atomic mass is 10.1. The minimum atomic E-state index is -0.932. The second kappa shape index (κ2) is 7.52. The minimum Gasteiger partial charge on any atom is -0.493 e. The summed E-state index contributed by atoms with van der Waals surface area (Å²) in [7, 11) is 2.91. The molecule has 1 aromatic rings. The fourth-order valence-corrected chi connectivity index (χ4v) is 1.74. The van der Waals surface area contributed by atoms with Gasteiger partial charge in [0.25, 0.3) is 5.78 Å². The van der Waals surface area contributed by atoms with E-state index in [1.807, 2.05) is 0 Å². The standard InChI is InChI=1S/C15H20O6/c1-6-20-15(17)12(16)10-7-8-11(18-4)14(19-5)13(10)21-9(2)3/h7-9H,6H2,1-5H3. The number of carbonyl (C=O) groups is 2. The summed E-state index contributed by atoms with van der Waals surface area (Å²) in [5.41, 5.74) is 0.0831. The molecule has 0 aliphatic carbocycles. The molecule has 0 saturated heterocycles. The zero-order chi connectivity index (χ0) is 16.0. The Hall–Kier alpha value is -2.24. The average Bonchev–Trinajstić information content (AvgIpc) is 2.45. The average molecular weight is 296 g/mol. The highest BCUT2D eigenvalue weighted by Gasteiger charge is 2.27. The van der Waals surface area contributed by atoms with E-state index in [0.29, 0.717) is 5.75 Å². The fraction of sp³-hybridized carbons (Fsp3) is 0.467. The fourth-order valence-electron chi connectivity index (χ4n) is 1.74. The zero-order valence-corrected chi connectivity index (χ0v) is 12.9. The number of methoxy groups -OCH3 is 2. The molecule has 0 radical (unpaired) electrons. The molecule has 0 heterocycles. The van der Waals surface area contributed by atoms with E-state index in [-0.39, 0.29) is 29.8 Å². The minimum absolute atomic E-state index is 0.0831. The van der Waals surface area contributed by atoms with Crippen LogP contribution in [0.5, 0.6) is 17.2 Å². The van der Waals surface area contributed by atoms with E-state index in [4.69, 9.17) is 18.9 Å². The molecule has 116 valence electrons. The first kappa shape index (κ1) is 16.8. The van der Waals surface area contributed by atoms with Crippen LogP contribution in [0.25, 0.3) is 0 Å². The Morgan fingerprint density at radius 2 is 1.76 bits per heavy atom. The van der Waals surface area contributed by atoms with Crippen molar-refractivity contribution in [3.8, 4) is 17.2 Å². The van der Waals surface area contributed by atoms with E-state index >= 15 is 0 Å². The maximum atomic E-state index is 12.2. The van der Waals surface area contributed by atoms with Gasteiger partial charge in [-0.1, -0.05) is 0 Å². The van der Waals surface area contributed by atoms with E-state index < -0.39 is 11.8 Å². The number of rotatable bonds is 7. The van der Waals surface area contributed by atoms with Crippen LogP contribution >= 0.6 is 0 Å². The molecule has 0 atom stereocenters. The second-order valence-electron chi connectivity index (χ2n) is 4.39. The van der Waals surface area contributed by atoms with Crippen molar-refractivity contribution in [2.24, 2.45) is 0 Å². The molecule has 6 heteroatoms. The van der Waals surface area contributed by atoms with Crippen molar-refractivity contribution in [3.63, 3.8) is 0 Å². The van der Waals surface area contributed by atoms with Crippen LogP contribution in [0.2, 0.25) is 0 Å². The van der Waals surface area contributed by atoms with Gasteiger partial charge in [0.15, 0.2) is 11.5 Å². The van der Waals surface area contributed by atoms with Crippen molar-refractivity contribution in [1.29, 1.82) is 0 Å². The number of Topliss-reactive ketones (excluding diaryl/α,β-unsaturated/α-hetero) is 1. The summed E-state index contributed by atoms with van der Waals surface area (Å²) >= 11 is 0. The molecule has 6 nitrogen and oxygen atoms in total. The summed E-state index contributed by atoms with van der Waals surface area (Å²) < 4.78 is 20.8. The number of ether oxygens (including phenoxy) is 4. The second-order valence-corrected chi connectivity index (χ2v) is 4.39. The van der Waals surface area contributed by atoms with Crippen molar-refractivity contribution in [2.45, 2.75) is 26.9 Å². The molecule has 0 aliphatic heterocycles. The third-order valence-electron chi connectivity index (χ3n) is 2.56. The number of benzene rings is 1. The van der Waals surface area contributed by atoms with E-state index in [2.05, 4.69) is 0 Å². The quantitative estimate of drug-likeness (QED) is 0.436. The Bertz CT molecular complexity index is 521. The van der Waals surface area contributed by atoms with Crippen LogP contribution in [0.15, 0.2) is 12.1 Å². The monoisotopic (exact) mass is 296 g/mol. The van der Waals surface area contributed by atoms with Gasteiger partial charge in [-0.15, -0.1) is 0 Å². The van der Waals surface area contributed by atoms with Crippen LogP contribution in [-0.4, -0.2) is 38.7 Å². The molecule has 0 amide bonds. The molecule has 0 unspecified atom stereocenters. The molecule has 0 bridgehead atoms. The van der Waals surface area contributed by atoms with Crippen molar-refractivity contribution >= 4 is 11.8 Å². The van der Waals surface area contributed by atoms with E-state index in [9.17, 15) is 9.59 Å². The van der Waals surface area contributed by atoms with Crippen molar-refractivity contribution < 1.29 is 28.5 Å². The first-order valence-corrected chi connectivity index (χ1v) is 6.59. The molecule has 21 heavy (non-hydrogen) atoms. The molecule has 0 N–H and O–H groups in total. The SMILES string of the molecule is CCOC(=O)C(=O)c1ccc(OC)c(OC)c1OC(C)C. The first-order valence-electron chi connectivity index (χ1n) is 6.59. The van der Waals surface area contributed by atoms with Crippen LogP contribution in [0, 0.1) is 0 Å². The molecule has 0 spiro atoms. The van der Waals surface area contributed by atoms with Gasteiger partial charge in [-0.25, -0.2) is 4.79 Å². The lowest BCUT2D eigenvalue weighted by molar-refractivity contribution is -0.137. The highest BCUT2D eigenvalue weighted by Crippen LogP contribution is 2.40. The Morgan fingerprint density at radius 3 is 2.24 bits per heavy atom. The van der Waals surface area contributed by atoms with Crippen LogP contribution in [0.1, 0.15) is 31.1 Å². The van der Waals surface area contributed by atoms with Gasteiger partial charge in [-0.3, -0.25) is 4.79 Å². The number of ketones is 1. The topological polar surface area (TPSA) is 71.1 Å². The summed E-state index contributed by atoms with van der Waals surface area (Å²) in [6.07, 6.45) is -0.209. The zero-order valence-electron chi connectivity index (χ0n) is 12.9. The van der Waals surface area contributed by atoms with Gasteiger partial charge < -0.3 is 18.9 Å². The van der Waals surface area contributed by atoms with E-state index in [1.165, 1.54) is 20.3 Å². The normalized spacial score (nSPS) is 10.2. The van der Waals surface area contributed by atoms with Gasteiger partial charge in [0, 0.05) is 0 Å². The smallest absolute Gasteiger partial charge is 0.379 e. The van der Waals surface area contributed by atoms with Gasteiger partial charge in [0.05, 0.1) is 32.5 Å². The maximum Gasteiger partial charge on any atom is 0.379 e. The van der Waals surface area contributed by atoms with Gasteiger partial charge in [-0.2, -0.15) is 0 Å². The first-order chi connectivity index (χ1) is 9.96. The summed E-state index contributed by atoms with van der Waals surface area (Å²) in [4.78, 5) is 23.8. The number of esters is 1. The molecular weight excluding hydrogens is 276 g/mol. The van der Waals surface area contributed by atoms with Crippen LogP contribution in [-0.2, 0) is 9.53 Å². The largest absolute Gasteiger partial charge is 0.493 e. The molecule has 1 aromatic carbocycles. The third kappa shape index (κ3) is 3.87. The Labute approximate surface area is 123 Å². The van der Waals surface area contributed by atoms with Gasteiger partial charge in [0.2, 0.25) is 5.75 Å². The maximum absolute atomic E-state index is 12.2. The Morgan fingerprint density at radius 1 is 1.10 bits per heavy atom. The number of hydrogen-bond donors (Lipinski definition) is 0. The van der Waals surface area contributed by atoms with Crippen molar-refractivity contribution in [1.82, 2.24) is 0 Å². The predicted octanol–water partition coefficient (Wildman–Crippen LogP) is 2.24. The lowest BCUT2D eigenvalue weighted by Crippen LogP contribution is -2.20. The van der Waals surface area contributed by atoms with E-state index in [0.717, 1.165) is 0 Å². The summed E-state index contributed by atoms with van der Waals surface area (Å²) in [5.74, 6) is -0.869. The van der Waals surface area contributed by atoms with Crippen molar-refractivity contribution in [3.05, 3.63) is 17.7 Å². The molecule has 0 aromatic heterocycles. The Kier molecular flexibility index (Phi) is 6.02. The van der Waals surface area contributed by atoms with E-state index in [1.54, 1.807) is 26.8 Å². The van der Waals surface area contributed by atoms with Crippen molar-refractivity contribution in [2.75, 3.05) is 20.8 Å². The van der Waals surface area contributed by atoms with Gasteiger partial charge in [0.1, 0.15) is 0 Å². The molecule has 0 aliphatic rings. The highest BCUT2D eigenvalue weighted by molar-refractivity contribution is 6.41. The molecule has 0 fully saturated rings. The highest BCUT2D eigenvalue weighted by atomic mass is 16.5. The number of hydrogen-bond acceptors (Lipinski definition) is 6. The molecule has 1 rings (SSSR count). The molecule has 0 saturated carbocycles.